The fourth-order valence-corrected chi connectivity index (χ4v) is 5.28. The fraction of sp³-hybridized carbons (Fsp3) is 0.304. The van der Waals surface area contributed by atoms with Crippen molar-refractivity contribution < 1.29 is 31.6 Å². The summed E-state index contributed by atoms with van der Waals surface area (Å²) in [7, 11) is -3.50. The molecule has 1 saturated heterocycles. The summed E-state index contributed by atoms with van der Waals surface area (Å²) < 4.78 is 50.7. The van der Waals surface area contributed by atoms with Gasteiger partial charge in [-0.2, -0.15) is 4.31 Å². The minimum Gasteiger partial charge on any atom is -0.450 e. The lowest BCUT2D eigenvalue weighted by atomic mass is 10.1. The molecule has 0 N–H and O–H groups in total. The van der Waals surface area contributed by atoms with Gasteiger partial charge < -0.3 is 14.1 Å². The number of hydrogen-bond donors (Lipinski definition) is 0. The quantitative estimate of drug-likeness (QED) is 0.510. The summed E-state index contributed by atoms with van der Waals surface area (Å²) in [6, 6.07) is 12.8. The predicted molar refractivity (Wildman–Crippen MR) is 118 cm³/mol. The number of furan rings is 1. The Balaban J connectivity index is 1.30. The molecule has 8 nitrogen and oxygen atoms in total. The Morgan fingerprint density at radius 3 is 2.45 bits per heavy atom. The molecule has 0 spiro atoms. The molecule has 1 aliphatic rings. The number of piperazine rings is 1. The van der Waals surface area contributed by atoms with Gasteiger partial charge in [-0.3, -0.25) is 4.79 Å². The lowest BCUT2D eigenvalue weighted by Gasteiger charge is -2.33. The van der Waals surface area contributed by atoms with Crippen molar-refractivity contribution in [3.63, 3.8) is 0 Å². The number of benzene rings is 2. The summed E-state index contributed by atoms with van der Waals surface area (Å²) in [4.78, 5) is 26.3. The number of esters is 1. The Morgan fingerprint density at radius 2 is 1.76 bits per heavy atom. The number of carbonyl (C=O) groups excluding carboxylic acids is 2. The van der Waals surface area contributed by atoms with Crippen LogP contribution in [0.2, 0.25) is 0 Å². The number of carbonyl (C=O) groups is 2. The van der Waals surface area contributed by atoms with E-state index in [-0.39, 0.29) is 37.7 Å². The highest BCUT2D eigenvalue weighted by Gasteiger charge is 2.29. The van der Waals surface area contributed by atoms with Gasteiger partial charge >= 0.3 is 5.97 Å². The molecule has 0 radical (unpaired) electrons. The maximum Gasteiger partial charge on any atom is 0.375 e. The monoisotopic (exact) mass is 474 g/mol. The van der Waals surface area contributed by atoms with Crippen LogP contribution in [0.15, 0.2) is 52.9 Å². The second kappa shape index (κ2) is 9.32. The van der Waals surface area contributed by atoms with Crippen molar-refractivity contribution in [3.8, 4) is 0 Å². The average Bonchev–Trinajstić information content (AvgIpc) is 3.13. The molecular weight excluding hydrogens is 451 g/mol. The first-order valence-corrected chi connectivity index (χ1v) is 12.0. The molecule has 33 heavy (non-hydrogen) atoms. The minimum absolute atomic E-state index is 0.0831. The van der Waals surface area contributed by atoms with Crippen molar-refractivity contribution in [2.24, 2.45) is 0 Å². The maximum absolute atomic E-state index is 13.4. The minimum atomic E-state index is -3.50. The van der Waals surface area contributed by atoms with E-state index < -0.39 is 34.3 Å². The van der Waals surface area contributed by atoms with Gasteiger partial charge in [-0.1, -0.05) is 30.3 Å². The molecule has 0 saturated carbocycles. The van der Waals surface area contributed by atoms with Gasteiger partial charge in [0.25, 0.3) is 5.91 Å². The van der Waals surface area contributed by atoms with Gasteiger partial charge in [-0.25, -0.2) is 17.6 Å². The van der Waals surface area contributed by atoms with Crippen LogP contribution in [0.1, 0.15) is 21.7 Å². The molecule has 2 heterocycles. The molecule has 10 heteroatoms. The van der Waals surface area contributed by atoms with E-state index in [1.165, 1.54) is 27.4 Å². The highest BCUT2D eigenvalue weighted by atomic mass is 32.2. The summed E-state index contributed by atoms with van der Waals surface area (Å²) in [6.07, 6.45) is 0. The molecule has 1 fully saturated rings. The van der Waals surface area contributed by atoms with Crippen LogP contribution in [-0.4, -0.2) is 62.3 Å². The number of nitrogens with zero attached hydrogens (tertiary/aromatic N) is 2. The van der Waals surface area contributed by atoms with Crippen molar-refractivity contribution in [1.82, 2.24) is 9.21 Å². The highest BCUT2D eigenvalue weighted by molar-refractivity contribution is 7.88. The fourth-order valence-electron chi connectivity index (χ4n) is 3.76. The van der Waals surface area contributed by atoms with E-state index in [0.29, 0.717) is 22.1 Å². The standard InChI is InChI=1S/C23H23FN2O6S/c1-16-19-13-18(24)7-8-20(19)32-22(16)23(28)31-14-21(27)25-9-11-26(12-10-25)33(29,30)15-17-5-3-2-4-6-17/h2-8,13H,9-12,14-15H2,1H3. The van der Waals surface area contributed by atoms with Crippen LogP contribution in [0.25, 0.3) is 11.0 Å². The summed E-state index contributed by atoms with van der Waals surface area (Å²) in [5.41, 5.74) is 1.48. The van der Waals surface area contributed by atoms with Crippen LogP contribution in [0.4, 0.5) is 4.39 Å². The second-order valence-electron chi connectivity index (χ2n) is 7.79. The molecule has 174 valence electrons. The lowest BCUT2D eigenvalue weighted by molar-refractivity contribution is -0.135. The summed E-state index contributed by atoms with van der Waals surface area (Å²) >= 11 is 0. The number of ether oxygens (including phenoxy) is 1. The van der Waals surface area contributed by atoms with Crippen molar-refractivity contribution in [2.75, 3.05) is 32.8 Å². The van der Waals surface area contributed by atoms with Crippen LogP contribution in [0.3, 0.4) is 0 Å². The first-order chi connectivity index (χ1) is 15.7. The topological polar surface area (TPSA) is 97.1 Å². The van der Waals surface area contributed by atoms with Gasteiger partial charge in [-0.15, -0.1) is 0 Å². The zero-order chi connectivity index (χ0) is 23.6. The zero-order valence-electron chi connectivity index (χ0n) is 18.0. The first-order valence-electron chi connectivity index (χ1n) is 10.4. The van der Waals surface area contributed by atoms with Gasteiger partial charge in [0.1, 0.15) is 11.4 Å². The van der Waals surface area contributed by atoms with E-state index in [9.17, 15) is 22.4 Å². The molecule has 2 aromatic carbocycles. The van der Waals surface area contributed by atoms with E-state index in [1.807, 2.05) is 6.07 Å². The summed E-state index contributed by atoms with van der Waals surface area (Å²) in [6.45, 7) is 1.85. The van der Waals surface area contributed by atoms with Crippen molar-refractivity contribution in [2.45, 2.75) is 12.7 Å². The molecule has 0 unspecified atom stereocenters. The Hall–Kier alpha value is -3.24. The molecule has 0 aliphatic carbocycles. The number of halogens is 1. The van der Waals surface area contributed by atoms with Crippen molar-refractivity contribution in [3.05, 3.63) is 71.2 Å². The van der Waals surface area contributed by atoms with Crippen LogP contribution in [-0.2, 0) is 25.3 Å². The maximum atomic E-state index is 13.4. The SMILES string of the molecule is Cc1c(C(=O)OCC(=O)N2CCN(S(=O)(=O)Cc3ccccc3)CC2)oc2ccc(F)cc12. The Kier molecular flexibility index (Phi) is 6.48. The van der Waals surface area contributed by atoms with Crippen LogP contribution < -0.4 is 0 Å². The number of fused-ring (bicyclic) bond motifs is 1. The van der Waals surface area contributed by atoms with Gasteiger partial charge in [0, 0.05) is 37.1 Å². The van der Waals surface area contributed by atoms with Gasteiger partial charge in [0.2, 0.25) is 15.8 Å². The predicted octanol–water partition coefficient (Wildman–Crippen LogP) is 2.71. The number of hydrogen-bond acceptors (Lipinski definition) is 6. The molecule has 1 amide bonds. The normalized spacial score (nSPS) is 15.0. The molecule has 1 aliphatic heterocycles. The van der Waals surface area contributed by atoms with Gasteiger partial charge in [0.05, 0.1) is 5.75 Å². The molecule has 0 atom stereocenters. The molecule has 1 aromatic heterocycles. The molecule has 4 rings (SSSR count). The number of amides is 1. The zero-order valence-corrected chi connectivity index (χ0v) is 18.8. The van der Waals surface area contributed by atoms with E-state index in [0.717, 1.165) is 0 Å². The highest BCUT2D eigenvalue weighted by Crippen LogP contribution is 2.26. The summed E-state index contributed by atoms with van der Waals surface area (Å²) in [5, 5.41) is 0.459. The van der Waals surface area contributed by atoms with E-state index >= 15 is 0 Å². The third-order valence-electron chi connectivity index (χ3n) is 5.59. The molecule has 3 aromatic rings. The Labute approximate surface area is 190 Å². The van der Waals surface area contributed by atoms with Crippen molar-refractivity contribution in [1.29, 1.82) is 0 Å². The Bertz CT molecular complexity index is 1280. The van der Waals surface area contributed by atoms with Crippen molar-refractivity contribution >= 4 is 32.9 Å². The van der Waals surface area contributed by atoms with E-state index in [4.69, 9.17) is 9.15 Å². The smallest absolute Gasteiger partial charge is 0.375 e. The first kappa shape index (κ1) is 22.9. The van der Waals surface area contributed by atoms with Gasteiger partial charge in [-0.05, 0) is 30.7 Å². The van der Waals surface area contributed by atoms with E-state index in [1.54, 1.807) is 31.2 Å². The van der Waals surface area contributed by atoms with E-state index in [2.05, 4.69) is 0 Å². The average molecular weight is 475 g/mol. The Morgan fingerprint density at radius 1 is 1.06 bits per heavy atom. The number of rotatable bonds is 6. The molecule has 0 bridgehead atoms. The van der Waals surface area contributed by atoms with Gasteiger partial charge in [0.15, 0.2) is 6.61 Å². The third-order valence-corrected chi connectivity index (χ3v) is 7.44. The number of aryl methyl sites for hydroxylation is 1. The van der Waals surface area contributed by atoms with Crippen LogP contribution in [0.5, 0.6) is 0 Å². The lowest BCUT2D eigenvalue weighted by Crippen LogP contribution is -2.51. The second-order valence-corrected chi connectivity index (χ2v) is 9.76. The third kappa shape index (κ3) is 5.07. The number of sulfonamides is 1. The van der Waals surface area contributed by atoms with Crippen LogP contribution >= 0.6 is 0 Å². The van der Waals surface area contributed by atoms with Crippen LogP contribution in [0, 0.1) is 12.7 Å². The molecular formula is C23H23FN2O6S. The largest absolute Gasteiger partial charge is 0.450 e. The summed E-state index contributed by atoms with van der Waals surface area (Å²) in [5.74, 6) is -1.88.